The lowest BCUT2D eigenvalue weighted by Crippen LogP contribution is -2.41. The number of carbonyl (C=O) groups is 2. The van der Waals surface area contributed by atoms with Gasteiger partial charge >= 0.3 is 0 Å². The van der Waals surface area contributed by atoms with Gasteiger partial charge in [0.1, 0.15) is 12.7 Å². The summed E-state index contributed by atoms with van der Waals surface area (Å²) < 4.78 is 11.3. The molecule has 1 heterocycles. The van der Waals surface area contributed by atoms with E-state index in [1.165, 1.54) is 24.3 Å². The number of nitrogens with one attached hydrogen (secondary N) is 2. The Morgan fingerprint density at radius 1 is 1.07 bits per heavy atom. The van der Waals surface area contributed by atoms with Crippen molar-refractivity contribution in [3.05, 3.63) is 64.2 Å². The van der Waals surface area contributed by atoms with Crippen LogP contribution >= 0.6 is 0 Å². The van der Waals surface area contributed by atoms with Gasteiger partial charge in [-0.25, -0.2) is 0 Å². The van der Waals surface area contributed by atoms with E-state index in [0.29, 0.717) is 24.7 Å². The van der Waals surface area contributed by atoms with Crippen LogP contribution in [-0.2, 0) is 4.79 Å². The monoisotopic (exact) mass is 385 g/mol. The number of hydrogen-bond acceptors (Lipinski definition) is 6. The normalized spacial score (nSPS) is 14.8. The molecule has 2 aromatic rings. The molecule has 1 aliphatic heterocycles. The van der Waals surface area contributed by atoms with E-state index in [4.69, 9.17) is 9.47 Å². The first-order valence-corrected chi connectivity index (χ1v) is 8.71. The fraction of sp³-hybridized carbons (Fsp3) is 0.263. The number of carbonyl (C=O) groups excluding carboxylic acids is 2. The molecule has 2 amide bonds. The molecule has 0 spiro atoms. The maximum Gasteiger partial charge on any atom is 0.269 e. The summed E-state index contributed by atoms with van der Waals surface area (Å²) >= 11 is 0. The van der Waals surface area contributed by atoms with Gasteiger partial charge in [0.05, 0.1) is 11.5 Å². The molecule has 0 radical (unpaired) electrons. The fourth-order valence-corrected chi connectivity index (χ4v) is 2.61. The zero-order valence-electron chi connectivity index (χ0n) is 14.9. The van der Waals surface area contributed by atoms with Crippen LogP contribution in [0.25, 0.3) is 0 Å². The molecule has 0 saturated carbocycles. The number of para-hydroxylation sites is 2. The van der Waals surface area contributed by atoms with Crippen molar-refractivity contribution in [2.45, 2.75) is 12.5 Å². The summed E-state index contributed by atoms with van der Waals surface area (Å²) in [6, 6.07) is 12.6. The van der Waals surface area contributed by atoms with E-state index in [-0.39, 0.29) is 36.2 Å². The number of nitrogens with zero attached hydrogens (tertiary/aromatic N) is 1. The van der Waals surface area contributed by atoms with Crippen molar-refractivity contribution < 1.29 is 24.0 Å². The lowest BCUT2D eigenvalue weighted by atomic mass is 10.2. The van der Waals surface area contributed by atoms with Crippen LogP contribution in [0, 0.1) is 10.1 Å². The number of benzene rings is 2. The predicted molar refractivity (Wildman–Crippen MR) is 99.4 cm³/mol. The maximum absolute atomic E-state index is 12.0. The first-order chi connectivity index (χ1) is 13.5. The molecule has 1 atom stereocenters. The highest BCUT2D eigenvalue weighted by atomic mass is 16.6. The van der Waals surface area contributed by atoms with E-state index >= 15 is 0 Å². The third-order valence-corrected chi connectivity index (χ3v) is 4.07. The van der Waals surface area contributed by atoms with Gasteiger partial charge in [0.25, 0.3) is 11.6 Å². The molecule has 0 fully saturated rings. The van der Waals surface area contributed by atoms with Crippen molar-refractivity contribution in [1.29, 1.82) is 0 Å². The van der Waals surface area contributed by atoms with Crippen LogP contribution in [0.4, 0.5) is 5.69 Å². The standard InChI is InChI=1S/C19H19N3O6/c23-18(21-11-15-12-27-16-3-1-2-4-17(16)28-15)9-10-20-19(24)13-5-7-14(8-6-13)22(25)26/h1-8,15H,9-12H2,(H,20,24)(H,21,23)/t15-/m0/s1. The number of amides is 2. The van der Waals surface area contributed by atoms with E-state index in [9.17, 15) is 19.7 Å². The molecule has 0 unspecified atom stereocenters. The first-order valence-electron chi connectivity index (χ1n) is 8.71. The number of nitro groups is 1. The van der Waals surface area contributed by atoms with Crippen molar-refractivity contribution >= 4 is 17.5 Å². The molecular formula is C19H19N3O6. The van der Waals surface area contributed by atoms with Gasteiger partial charge in [0.15, 0.2) is 11.5 Å². The lowest BCUT2D eigenvalue weighted by Gasteiger charge is -2.26. The van der Waals surface area contributed by atoms with Gasteiger partial charge in [-0.15, -0.1) is 0 Å². The Morgan fingerprint density at radius 2 is 1.79 bits per heavy atom. The summed E-state index contributed by atoms with van der Waals surface area (Å²) in [7, 11) is 0. The van der Waals surface area contributed by atoms with Gasteiger partial charge < -0.3 is 20.1 Å². The highest BCUT2D eigenvalue weighted by Crippen LogP contribution is 2.30. The molecule has 9 nitrogen and oxygen atoms in total. The summed E-state index contributed by atoms with van der Waals surface area (Å²) in [6.45, 7) is 0.782. The van der Waals surface area contributed by atoms with Crippen LogP contribution in [0.1, 0.15) is 16.8 Å². The van der Waals surface area contributed by atoms with Crippen molar-refractivity contribution in [2.75, 3.05) is 19.7 Å². The molecule has 0 bridgehead atoms. The molecule has 28 heavy (non-hydrogen) atoms. The molecule has 146 valence electrons. The highest BCUT2D eigenvalue weighted by molar-refractivity contribution is 5.94. The zero-order chi connectivity index (χ0) is 19.9. The largest absolute Gasteiger partial charge is 0.486 e. The van der Waals surface area contributed by atoms with Crippen LogP contribution in [0.3, 0.4) is 0 Å². The SMILES string of the molecule is O=C(CCNC(=O)c1ccc([N+](=O)[O-])cc1)NC[C@H]1COc2ccccc2O1. The van der Waals surface area contributed by atoms with Crippen LogP contribution in [0.5, 0.6) is 11.5 Å². The fourth-order valence-electron chi connectivity index (χ4n) is 2.61. The summed E-state index contributed by atoms with van der Waals surface area (Å²) in [5, 5.41) is 16.0. The number of ether oxygens (including phenoxy) is 2. The lowest BCUT2D eigenvalue weighted by molar-refractivity contribution is -0.384. The molecule has 3 rings (SSSR count). The molecule has 2 aromatic carbocycles. The van der Waals surface area contributed by atoms with E-state index in [1.54, 1.807) is 6.07 Å². The second-order valence-corrected chi connectivity index (χ2v) is 6.11. The molecular weight excluding hydrogens is 366 g/mol. The third kappa shape index (κ3) is 4.97. The molecule has 0 aliphatic carbocycles. The van der Waals surface area contributed by atoms with Crippen molar-refractivity contribution in [2.24, 2.45) is 0 Å². The highest BCUT2D eigenvalue weighted by Gasteiger charge is 2.21. The van der Waals surface area contributed by atoms with Gasteiger partial charge in [-0.1, -0.05) is 12.1 Å². The summed E-state index contributed by atoms with van der Waals surface area (Å²) in [5.74, 6) is 0.692. The Bertz CT molecular complexity index is 868. The molecule has 1 aliphatic rings. The van der Waals surface area contributed by atoms with Gasteiger partial charge in [0.2, 0.25) is 5.91 Å². The second kappa shape index (κ2) is 8.85. The topological polar surface area (TPSA) is 120 Å². The third-order valence-electron chi connectivity index (χ3n) is 4.07. The van der Waals surface area contributed by atoms with Gasteiger partial charge in [0, 0.05) is 30.7 Å². The Balaban J connectivity index is 1.36. The van der Waals surface area contributed by atoms with Crippen LogP contribution in [0.15, 0.2) is 48.5 Å². The minimum absolute atomic E-state index is 0.0903. The number of hydrogen-bond donors (Lipinski definition) is 2. The second-order valence-electron chi connectivity index (χ2n) is 6.11. The molecule has 9 heteroatoms. The minimum Gasteiger partial charge on any atom is -0.486 e. The number of non-ortho nitro benzene ring substituents is 1. The predicted octanol–water partition coefficient (Wildman–Crippen LogP) is 1.67. The van der Waals surface area contributed by atoms with Crippen molar-refractivity contribution in [1.82, 2.24) is 10.6 Å². The average Bonchev–Trinajstić information content (AvgIpc) is 2.72. The Kier molecular flexibility index (Phi) is 6.05. The van der Waals surface area contributed by atoms with Crippen LogP contribution in [-0.4, -0.2) is 42.5 Å². The number of fused-ring (bicyclic) bond motifs is 1. The Hall–Kier alpha value is -3.62. The van der Waals surface area contributed by atoms with E-state index < -0.39 is 10.8 Å². The average molecular weight is 385 g/mol. The van der Waals surface area contributed by atoms with E-state index in [2.05, 4.69) is 10.6 Å². The molecule has 2 N–H and O–H groups in total. The van der Waals surface area contributed by atoms with Gasteiger partial charge in [-0.2, -0.15) is 0 Å². The zero-order valence-corrected chi connectivity index (χ0v) is 14.9. The Labute approximate surface area is 160 Å². The quantitative estimate of drug-likeness (QED) is 0.553. The first kappa shape index (κ1) is 19.2. The smallest absolute Gasteiger partial charge is 0.269 e. The van der Waals surface area contributed by atoms with Gasteiger partial charge in [-0.05, 0) is 24.3 Å². The summed E-state index contributed by atoms with van der Waals surface area (Å²) in [4.78, 5) is 34.0. The molecule has 0 aromatic heterocycles. The van der Waals surface area contributed by atoms with Crippen LogP contribution < -0.4 is 20.1 Å². The summed E-state index contributed by atoms with van der Waals surface area (Å²) in [5.41, 5.74) is 0.199. The van der Waals surface area contributed by atoms with Gasteiger partial charge in [-0.3, -0.25) is 19.7 Å². The van der Waals surface area contributed by atoms with Crippen molar-refractivity contribution in [3.8, 4) is 11.5 Å². The van der Waals surface area contributed by atoms with Crippen molar-refractivity contribution in [3.63, 3.8) is 0 Å². The number of nitro benzene ring substituents is 1. The van der Waals surface area contributed by atoms with Crippen LogP contribution in [0.2, 0.25) is 0 Å². The minimum atomic E-state index is -0.536. The molecule has 0 saturated heterocycles. The van der Waals surface area contributed by atoms with E-state index in [0.717, 1.165) is 0 Å². The number of rotatable bonds is 7. The summed E-state index contributed by atoms with van der Waals surface area (Å²) in [6.07, 6.45) is -0.184. The Morgan fingerprint density at radius 3 is 2.50 bits per heavy atom. The maximum atomic E-state index is 12.0. The van der Waals surface area contributed by atoms with E-state index in [1.807, 2.05) is 18.2 Å².